The average Bonchev–Trinajstić information content (AvgIpc) is 3.48. The van der Waals surface area contributed by atoms with Gasteiger partial charge in [-0.3, -0.25) is 4.90 Å². The Morgan fingerprint density at radius 2 is 1.81 bits per heavy atom. The number of hydrogen-bond donors (Lipinski definition) is 0. The molecule has 0 bridgehead atoms. The van der Waals surface area contributed by atoms with Crippen molar-refractivity contribution < 1.29 is 19.0 Å². The van der Waals surface area contributed by atoms with Crippen LogP contribution in [0.15, 0.2) is 42.6 Å². The van der Waals surface area contributed by atoms with E-state index >= 15 is 0 Å². The zero-order chi connectivity index (χ0) is 26.4. The molecule has 1 saturated carbocycles. The minimum Gasteiger partial charge on any atom is -0.453 e. The predicted octanol–water partition coefficient (Wildman–Crippen LogP) is 6.25. The smallest absolute Gasteiger partial charge is 0.410 e. The molecule has 204 valence electrons. The first-order valence-electron chi connectivity index (χ1n) is 13.9. The Labute approximate surface area is 223 Å². The molecule has 7 nitrogen and oxygen atoms in total. The molecule has 1 saturated heterocycles. The maximum atomic E-state index is 12.8. The van der Waals surface area contributed by atoms with Crippen LogP contribution in [0.5, 0.6) is 0 Å². The predicted molar refractivity (Wildman–Crippen MR) is 149 cm³/mol. The molecule has 1 aliphatic heterocycles. The molecule has 3 atom stereocenters. The Bertz CT molecular complexity index is 985. The number of carbonyl (C=O) groups is 1. The van der Waals surface area contributed by atoms with Crippen LogP contribution in [0.25, 0.3) is 0 Å². The SMILES string of the molecule is COC(=O)N1C(CO[C@H]2CC[C@@H](c3ccccc3)CC2)C(c2ccnn2COCC[Si](C)(C)C)C[C@H]1C. The zero-order valence-electron chi connectivity index (χ0n) is 23.3. The van der Waals surface area contributed by atoms with Gasteiger partial charge in [-0.25, -0.2) is 9.48 Å². The summed E-state index contributed by atoms with van der Waals surface area (Å²) < 4.78 is 19.7. The van der Waals surface area contributed by atoms with Crippen molar-refractivity contribution in [1.82, 2.24) is 14.7 Å². The van der Waals surface area contributed by atoms with Crippen molar-refractivity contribution in [1.29, 1.82) is 0 Å². The fraction of sp³-hybridized carbons (Fsp3) is 0.655. The molecule has 1 aromatic carbocycles. The Balaban J connectivity index is 1.39. The van der Waals surface area contributed by atoms with E-state index in [-0.39, 0.29) is 30.2 Å². The highest BCUT2D eigenvalue weighted by Crippen LogP contribution is 2.39. The largest absolute Gasteiger partial charge is 0.453 e. The number of carbonyl (C=O) groups excluding carboxylic acids is 1. The number of benzene rings is 1. The van der Waals surface area contributed by atoms with Crippen molar-refractivity contribution in [3.8, 4) is 0 Å². The van der Waals surface area contributed by atoms with E-state index in [1.807, 2.05) is 15.8 Å². The quantitative estimate of drug-likeness (QED) is 0.270. The molecular formula is C29H45N3O4Si. The fourth-order valence-electron chi connectivity index (χ4n) is 5.91. The number of ether oxygens (including phenoxy) is 3. The van der Waals surface area contributed by atoms with E-state index in [1.54, 1.807) is 0 Å². The summed E-state index contributed by atoms with van der Waals surface area (Å²) in [6.45, 7) is 10.9. The molecule has 0 N–H and O–H groups in total. The first-order chi connectivity index (χ1) is 17.8. The van der Waals surface area contributed by atoms with Crippen LogP contribution in [0.3, 0.4) is 0 Å². The summed E-state index contributed by atoms with van der Waals surface area (Å²) in [6, 6.07) is 14.0. The van der Waals surface area contributed by atoms with E-state index < -0.39 is 8.07 Å². The van der Waals surface area contributed by atoms with E-state index in [1.165, 1.54) is 12.7 Å². The Morgan fingerprint density at radius 3 is 2.49 bits per heavy atom. The lowest BCUT2D eigenvalue weighted by Crippen LogP contribution is -2.44. The molecule has 2 aliphatic rings. The fourth-order valence-corrected chi connectivity index (χ4v) is 6.67. The number of aromatic nitrogens is 2. The van der Waals surface area contributed by atoms with E-state index in [0.29, 0.717) is 19.3 Å². The molecule has 1 aromatic heterocycles. The lowest BCUT2D eigenvalue weighted by atomic mass is 9.83. The molecule has 2 unspecified atom stereocenters. The normalized spacial score (nSPS) is 26.4. The first-order valence-corrected chi connectivity index (χ1v) is 17.6. The number of rotatable bonds is 10. The second-order valence-corrected chi connectivity index (χ2v) is 17.6. The van der Waals surface area contributed by atoms with Crippen LogP contribution in [0.2, 0.25) is 25.7 Å². The summed E-state index contributed by atoms with van der Waals surface area (Å²) in [5.41, 5.74) is 2.54. The average molecular weight is 528 g/mol. The van der Waals surface area contributed by atoms with Crippen molar-refractivity contribution in [2.24, 2.45) is 0 Å². The Morgan fingerprint density at radius 1 is 1.08 bits per heavy atom. The molecule has 2 aromatic rings. The highest BCUT2D eigenvalue weighted by atomic mass is 28.3. The standard InChI is InChI=1S/C29H45N3O4Si/c1-22-19-26(27-15-16-30-31(27)21-35-17-18-37(3,4)5)28(32(22)29(33)34-2)20-36-25-13-11-24(12-14-25)23-9-7-6-8-10-23/h6-10,15-16,22,24-26,28H,11-14,17-21H2,1-5H3/t22-,24-,25+,26?,28?/m1/s1. The molecular weight excluding hydrogens is 482 g/mol. The number of amides is 1. The minimum absolute atomic E-state index is 0.0658. The maximum Gasteiger partial charge on any atom is 0.410 e. The van der Waals surface area contributed by atoms with Gasteiger partial charge >= 0.3 is 6.09 Å². The van der Waals surface area contributed by atoms with Gasteiger partial charge in [-0.05, 0) is 62.6 Å². The molecule has 0 radical (unpaired) electrons. The van der Waals surface area contributed by atoms with Crippen LogP contribution < -0.4 is 0 Å². The van der Waals surface area contributed by atoms with Gasteiger partial charge in [0.2, 0.25) is 0 Å². The molecule has 37 heavy (non-hydrogen) atoms. The Kier molecular flexibility index (Phi) is 9.48. The number of likely N-dealkylation sites (tertiary alicyclic amines) is 1. The van der Waals surface area contributed by atoms with Crippen LogP contribution in [-0.2, 0) is 20.9 Å². The second kappa shape index (κ2) is 12.6. The third-order valence-electron chi connectivity index (χ3n) is 8.06. The monoisotopic (exact) mass is 527 g/mol. The van der Waals surface area contributed by atoms with Crippen molar-refractivity contribution in [3.05, 3.63) is 53.9 Å². The van der Waals surface area contributed by atoms with Crippen LogP contribution in [0, 0.1) is 0 Å². The van der Waals surface area contributed by atoms with Crippen LogP contribution >= 0.6 is 0 Å². The summed E-state index contributed by atoms with van der Waals surface area (Å²) in [4.78, 5) is 14.7. The van der Waals surface area contributed by atoms with Gasteiger partial charge in [-0.2, -0.15) is 5.10 Å². The molecule has 1 aliphatic carbocycles. The van der Waals surface area contributed by atoms with E-state index in [9.17, 15) is 4.79 Å². The van der Waals surface area contributed by atoms with Gasteiger partial charge in [-0.1, -0.05) is 50.0 Å². The van der Waals surface area contributed by atoms with Gasteiger partial charge < -0.3 is 14.2 Å². The van der Waals surface area contributed by atoms with Gasteiger partial charge in [0.1, 0.15) is 6.73 Å². The topological polar surface area (TPSA) is 65.8 Å². The number of methoxy groups -OCH3 is 1. The molecule has 2 fully saturated rings. The zero-order valence-corrected chi connectivity index (χ0v) is 24.3. The van der Waals surface area contributed by atoms with E-state index in [2.05, 4.69) is 68.1 Å². The lowest BCUT2D eigenvalue weighted by molar-refractivity contribution is -0.00906. The van der Waals surface area contributed by atoms with Gasteiger partial charge in [0.15, 0.2) is 0 Å². The van der Waals surface area contributed by atoms with E-state index in [4.69, 9.17) is 14.2 Å². The van der Waals surface area contributed by atoms with Crippen LogP contribution in [0.1, 0.15) is 62.1 Å². The van der Waals surface area contributed by atoms with Crippen LogP contribution in [0.4, 0.5) is 4.79 Å². The maximum absolute atomic E-state index is 12.8. The van der Waals surface area contributed by atoms with Gasteiger partial charge in [-0.15, -0.1) is 0 Å². The van der Waals surface area contributed by atoms with Crippen LogP contribution in [-0.4, -0.2) is 67.4 Å². The van der Waals surface area contributed by atoms with E-state index in [0.717, 1.165) is 50.4 Å². The summed E-state index contributed by atoms with van der Waals surface area (Å²) in [5, 5.41) is 4.56. The molecule has 8 heteroatoms. The van der Waals surface area contributed by atoms with Gasteiger partial charge in [0.25, 0.3) is 0 Å². The summed E-state index contributed by atoms with van der Waals surface area (Å²) in [5.74, 6) is 0.736. The highest BCUT2D eigenvalue weighted by Gasteiger charge is 2.45. The number of nitrogens with zero attached hydrogens (tertiary/aromatic N) is 3. The van der Waals surface area contributed by atoms with Crippen molar-refractivity contribution in [2.75, 3.05) is 20.3 Å². The second-order valence-electron chi connectivity index (χ2n) is 12.0. The first kappa shape index (κ1) is 27.9. The summed E-state index contributed by atoms with van der Waals surface area (Å²) in [7, 11) is 0.315. The third-order valence-corrected chi connectivity index (χ3v) is 9.77. The molecule has 2 heterocycles. The molecule has 0 spiro atoms. The Hall–Kier alpha value is -2.16. The number of hydrogen-bond acceptors (Lipinski definition) is 5. The highest BCUT2D eigenvalue weighted by molar-refractivity contribution is 6.76. The van der Waals surface area contributed by atoms with Crippen molar-refractivity contribution in [3.63, 3.8) is 0 Å². The molecule has 4 rings (SSSR count). The minimum atomic E-state index is -1.15. The van der Waals surface area contributed by atoms with Crippen molar-refractivity contribution in [2.45, 2.75) is 101 Å². The van der Waals surface area contributed by atoms with Gasteiger partial charge in [0, 0.05) is 38.5 Å². The summed E-state index contributed by atoms with van der Waals surface area (Å²) >= 11 is 0. The third kappa shape index (κ3) is 7.24. The summed E-state index contributed by atoms with van der Waals surface area (Å²) in [6.07, 6.45) is 7.01. The van der Waals surface area contributed by atoms with Gasteiger partial charge in [0.05, 0.1) is 25.9 Å². The molecule has 1 amide bonds. The lowest BCUT2D eigenvalue weighted by Gasteiger charge is -2.33. The van der Waals surface area contributed by atoms with Crippen molar-refractivity contribution >= 4 is 14.2 Å².